The number of ketones is 1. The summed E-state index contributed by atoms with van der Waals surface area (Å²) in [7, 11) is 0. The van der Waals surface area contributed by atoms with E-state index in [2.05, 4.69) is 5.32 Å². The van der Waals surface area contributed by atoms with Crippen LogP contribution in [0.1, 0.15) is 22.8 Å². The molecule has 0 fully saturated rings. The molecule has 29 heavy (non-hydrogen) atoms. The third-order valence-corrected chi connectivity index (χ3v) is 4.47. The molecule has 3 aromatic carbocycles. The minimum absolute atomic E-state index is 0.0641. The maximum Gasteiger partial charge on any atom is 0.265 e. The van der Waals surface area contributed by atoms with Crippen molar-refractivity contribution in [2.24, 2.45) is 0 Å². The lowest BCUT2D eigenvalue weighted by Crippen LogP contribution is -2.30. The Bertz CT molecular complexity index is 1030. The first-order valence-corrected chi connectivity index (χ1v) is 9.17. The molecule has 0 spiro atoms. The van der Waals surface area contributed by atoms with Crippen molar-refractivity contribution in [2.45, 2.75) is 13.0 Å². The Balaban J connectivity index is 1.37. The van der Waals surface area contributed by atoms with Crippen LogP contribution < -0.4 is 19.5 Å². The standard InChI is InChI=1S/C23H19NO5/c1-15(23(26)24-18-9-12-20-21(13-18)28-14-27-20)29-19-10-7-17(8-11-19)22(25)16-5-3-2-4-6-16/h2-13,15H,14H2,1H3,(H,24,26). The van der Waals surface area contributed by atoms with Gasteiger partial charge in [0.25, 0.3) is 5.91 Å². The second-order valence-electron chi connectivity index (χ2n) is 6.54. The molecule has 1 heterocycles. The Labute approximate surface area is 168 Å². The molecular formula is C23H19NO5. The highest BCUT2D eigenvalue weighted by Crippen LogP contribution is 2.34. The van der Waals surface area contributed by atoms with Gasteiger partial charge >= 0.3 is 0 Å². The van der Waals surface area contributed by atoms with Crippen molar-refractivity contribution < 1.29 is 23.8 Å². The van der Waals surface area contributed by atoms with Crippen LogP contribution in [-0.2, 0) is 4.79 Å². The number of ether oxygens (including phenoxy) is 3. The summed E-state index contributed by atoms with van der Waals surface area (Å²) in [6.07, 6.45) is -0.726. The molecule has 1 unspecified atom stereocenters. The van der Waals surface area contributed by atoms with Crippen molar-refractivity contribution in [1.82, 2.24) is 0 Å². The predicted octanol–water partition coefficient (Wildman–Crippen LogP) is 4.05. The van der Waals surface area contributed by atoms with E-state index in [-0.39, 0.29) is 18.5 Å². The molecule has 146 valence electrons. The first-order chi connectivity index (χ1) is 14.1. The smallest absolute Gasteiger partial charge is 0.265 e. The van der Waals surface area contributed by atoms with Crippen molar-refractivity contribution >= 4 is 17.4 Å². The average molecular weight is 389 g/mol. The Morgan fingerprint density at radius 1 is 0.897 bits per heavy atom. The van der Waals surface area contributed by atoms with E-state index in [1.807, 2.05) is 18.2 Å². The van der Waals surface area contributed by atoms with Gasteiger partial charge in [0.15, 0.2) is 23.4 Å². The molecular weight excluding hydrogens is 370 g/mol. The molecule has 1 atom stereocenters. The molecule has 0 saturated heterocycles. The topological polar surface area (TPSA) is 73.9 Å². The first kappa shape index (κ1) is 18.6. The van der Waals surface area contributed by atoms with Gasteiger partial charge in [-0.3, -0.25) is 9.59 Å². The van der Waals surface area contributed by atoms with E-state index < -0.39 is 6.10 Å². The maximum absolute atomic E-state index is 12.4. The van der Waals surface area contributed by atoms with Crippen molar-refractivity contribution in [1.29, 1.82) is 0 Å². The van der Waals surface area contributed by atoms with E-state index in [1.165, 1.54) is 0 Å². The predicted molar refractivity (Wildman–Crippen MR) is 108 cm³/mol. The molecule has 1 amide bonds. The summed E-state index contributed by atoms with van der Waals surface area (Å²) in [6, 6.07) is 21.0. The lowest BCUT2D eigenvalue weighted by Gasteiger charge is -2.15. The quantitative estimate of drug-likeness (QED) is 0.644. The normalized spacial score (nSPS) is 12.9. The van der Waals surface area contributed by atoms with Gasteiger partial charge in [0.2, 0.25) is 6.79 Å². The number of fused-ring (bicyclic) bond motifs is 1. The molecule has 1 aliphatic heterocycles. The Morgan fingerprint density at radius 2 is 1.59 bits per heavy atom. The van der Waals surface area contributed by atoms with E-state index in [1.54, 1.807) is 61.5 Å². The van der Waals surface area contributed by atoms with Crippen molar-refractivity contribution in [3.63, 3.8) is 0 Å². The van der Waals surface area contributed by atoms with Crippen molar-refractivity contribution in [3.05, 3.63) is 83.9 Å². The van der Waals surface area contributed by atoms with Gasteiger partial charge in [0.1, 0.15) is 5.75 Å². The second kappa shape index (κ2) is 8.06. The molecule has 1 N–H and O–H groups in total. The Kier molecular flexibility index (Phi) is 5.16. The molecule has 1 aliphatic rings. The van der Waals surface area contributed by atoms with Gasteiger partial charge in [0.05, 0.1) is 0 Å². The van der Waals surface area contributed by atoms with Gasteiger partial charge in [-0.1, -0.05) is 30.3 Å². The fraction of sp³-hybridized carbons (Fsp3) is 0.130. The van der Waals surface area contributed by atoms with Gasteiger partial charge in [-0.25, -0.2) is 0 Å². The largest absolute Gasteiger partial charge is 0.481 e. The molecule has 0 aliphatic carbocycles. The lowest BCUT2D eigenvalue weighted by molar-refractivity contribution is -0.122. The summed E-state index contributed by atoms with van der Waals surface area (Å²) in [5.74, 6) is 1.38. The molecule has 4 rings (SSSR count). The van der Waals surface area contributed by atoms with Crippen LogP contribution in [-0.4, -0.2) is 24.6 Å². The van der Waals surface area contributed by atoms with E-state index in [4.69, 9.17) is 14.2 Å². The van der Waals surface area contributed by atoms with Crippen LogP contribution in [0.5, 0.6) is 17.2 Å². The zero-order chi connectivity index (χ0) is 20.2. The van der Waals surface area contributed by atoms with E-state index in [9.17, 15) is 9.59 Å². The fourth-order valence-corrected chi connectivity index (χ4v) is 2.92. The maximum atomic E-state index is 12.4. The van der Waals surface area contributed by atoms with Crippen LogP contribution in [0.4, 0.5) is 5.69 Å². The van der Waals surface area contributed by atoms with E-state index in [0.717, 1.165) is 0 Å². The number of nitrogens with one attached hydrogen (secondary N) is 1. The van der Waals surface area contributed by atoms with Crippen LogP contribution in [0, 0.1) is 0 Å². The fourth-order valence-electron chi connectivity index (χ4n) is 2.92. The number of carbonyl (C=O) groups is 2. The summed E-state index contributed by atoms with van der Waals surface area (Å²) in [6.45, 7) is 1.83. The van der Waals surface area contributed by atoms with Gasteiger partial charge in [-0.05, 0) is 43.3 Å². The molecule has 0 bridgehead atoms. The highest BCUT2D eigenvalue weighted by molar-refractivity contribution is 6.09. The van der Waals surface area contributed by atoms with Crippen LogP contribution in [0.25, 0.3) is 0 Å². The zero-order valence-corrected chi connectivity index (χ0v) is 15.8. The minimum Gasteiger partial charge on any atom is -0.481 e. The van der Waals surface area contributed by atoms with Crippen LogP contribution in [0.2, 0.25) is 0 Å². The van der Waals surface area contributed by atoms with Gasteiger partial charge in [0, 0.05) is 22.9 Å². The number of hydrogen-bond acceptors (Lipinski definition) is 5. The number of benzene rings is 3. The van der Waals surface area contributed by atoms with Crippen LogP contribution >= 0.6 is 0 Å². The molecule has 0 saturated carbocycles. The zero-order valence-electron chi connectivity index (χ0n) is 15.8. The van der Waals surface area contributed by atoms with E-state index in [0.29, 0.717) is 34.1 Å². The monoisotopic (exact) mass is 389 g/mol. The van der Waals surface area contributed by atoms with Crippen LogP contribution in [0.3, 0.4) is 0 Å². The molecule has 6 nitrogen and oxygen atoms in total. The highest BCUT2D eigenvalue weighted by atomic mass is 16.7. The summed E-state index contributed by atoms with van der Waals surface area (Å²) in [5, 5.41) is 2.79. The summed E-state index contributed by atoms with van der Waals surface area (Å²) in [5.41, 5.74) is 1.78. The first-order valence-electron chi connectivity index (χ1n) is 9.17. The van der Waals surface area contributed by atoms with Gasteiger partial charge in [-0.2, -0.15) is 0 Å². The molecule has 3 aromatic rings. The van der Waals surface area contributed by atoms with Crippen molar-refractivity contribution in [2.75, 3.05) is 12.1 Å². The van der Waals surface area contributed by atoms with Crippen molar-refractivity contribution in [3.8, 4) is 17.2 Å². The number of carbonyl (C=O) groups excluding carboxylic acids is 2. The SMILES string of the molecule is CC(Oc1ccc(C(=O)c2ccccc2)cc1)C(=O)Nc1ccc2c(c1)OCO2. The molecule has 0 radical (unpaired) electrons. The minimum atomic E-state index is -0.726. The van der Waals surface area contributed by atoms with Crippen LogP contribution in [0.15, 0.2) is 72.8 Å². The molecule has 0 aromatic heterocycles. The van der Waals surface area contributed by atoms with Gasteiger partial charge < -0.3 is 19.5 Å². The number of amides is 1. The second-order valence-corrected chi connectivity index (χ2v) is 6.54. The summed E-state index contributed by atoms with van der Waals surface area (Å²) in [4.78, 5) is 24.9. The van der Waals surface area contributed by atoms with Gasteiger partial charge in [-0.15, -0.1) is 0 Å². The Hall–Kier alpha value is -3.80. The molecule has 6 heteroatoms. The summed E-state index contributed by atoms with van der Waals surface area (Å²) >= 11 is 0. The number of anilines is 1. The average Bonchev–Trinajstić information content (AvgIpc) is 3.22. The summed E-state index contributed by atoms with van der Waals surface area (Å²) < 4.78 is 16.3. The lowest BCUT2D eigenvalue weighted by atomic mass is 10.0. The third-order valence-electron chi connectivity index (χ3n) is 4.47. The highest BCUT2D eigenvalue weighted by Gasteiger charge is 2.18. The number of rotatable bonds is 6. The Morgan fingerprint density at radius 3 is 2.34 bits per heavy atom. The van der Waals surface area contributed by atoms with E-state index >= 15 is 0 Å². The third kappa shape index (κ3) is 4.21. The number of hydrogen-bond donors (Lipinski definition) is 1.